The highest BCUT2D eigenvalue weighted by Crippen LogP contribution is 2.29. The first kappa shape index (κ1) is 11.5. The Bertz CT molecular complexity index is 529. The fourth-order valence-electron chi connectivity index (χ4n) is 2.99. The lowest BCUT2D eigenvalue weighted by molar-refractivity contribution is 0.482. The predicted octanol–water partition coefficient (Wildman–Crippen LogP) is 4.23. The largest absolute Gasteiger partial charge is 0.381 e. The second kappa shape index (κ2) is 4.97. The van der Waals surface area contributed by atoms with Crippen molar-refractivity contribution in [2.45, 2.75) is 38.6 Å². The maximum absolute atomic E-state index is 4.50. The first-order valence-corrected chi connectivity index (χ1v) is 6.94. The molecule has 2 heteroatoms. The summed E-state index contributed by atoms with van der Waals surface area (Å²) in [6.07, 6.45) is 7.48. The first-order chi connectivity index (χ1) is 8.83. The van der Waals surface area contributed by atoms with Crippen LogP contribution in [0.4, 0.5) is 5.69 Å². The zero-order chi connectivity index (χ0) is 12.4. The van der Waals surface area contributed by atoms with Gasteiger partial charge in [0.05, 0.1) is 17.4 Å². The summed E-state index contributed by atoms with van der Waals surface area (Å²) >= 11 is 0. The molecule has 1 aromatic carbocycles. The maximum atomic E-state index is 4.50. The van der Waals surface area contributed by atoms with E-state index in [9.17, 15) is 0 Å². The zero-order valence-electron chi connectivity index (χ0n) is 10.9. The molecule has 1 unspecified atom stereocenters. The Morgan fingerprint density at radius 3 is 2.83 bits per heavy atom. The van der Waals surface area contributed by atoms with Crippen LogP contribution >= 0.6 is 0 Å². The van der Waals surface area contributed by atoms with E-state index in [1.807, 2.05) is 12.3 Å². The van der Waals surface area contributed by atoms with Crippen LogP contribution in [0.15, 0.2) is 36.5 Å². The monoisotopic (exact) mass is 240 g/mol. The molecule has 1 aliphatic carbocycles. The summed E-state index contributed by atoms with van der Waals surface area (Å²) in [5.41, 5.74) is 2.21. The van der Waals surface area contributed by atoms with Crippen LogP contribution in [0.25, 0.3) is 10.9 Å². The molecule has 0 bridgehead atoms. The smallest absolute Gasteiger partial charge is 0.0703 e. The minimum absolute atomic E-state index is 0.551. The number of pyridine rings is 1. The van der Waals surface area contributed by atoms with Crippen LogP contribution in [0.3, 0.4) is 0 Å². The van der Waals surface area contributed by atoms with Crippen molar-refractivity contribution < 1.29 is 0 Å². The lowest BCUT2D eigenvalue weighted by atomic mass is 9.99. The Hall–Kier alpha value is -1.57. The number of nitrogens with zero attached hydrogens (tertiary/aromatic N) is 1. The molecule has 0 radical (unpaired) electrons. The summed E-state index contributed by atoms with van der Waals surface area (Å²) in [5.74, 6) is 0.830. The van der Waals surface area contributed by atoms with Gasteiger partial charge in [0, 0.05) is 11.4 Å². The molecule has 2 aromatic rings. The Morgan fingerprint density at radius 1 is 1.22 bits per heavy atom. The van der Waals surface area contributed by atoms with Crippen LogP contribution in [0.2, 0.25) is 0 Å². The van der Waals surface area contributed by atoms with Crippen molar-refractivity contribution in [2.24, 2.45) is 5.92 Å². The first-order valence-electron chi connectivity index (χ1n) is 6.94. The lowest BCUT2D eigenvalue weighted by Gasteiger charge is -2.21. The number of hydrogen-bond acceptors (Lipinski definition) is 2. The average Bonchev–Trinajstić information content (AvgIpc) is 2.92. The molecular formula is C16H20N2. The molecule has 1 aliphatic rings. The van der Waals surface area contributed by atoms with Gasteiger partial charge in [0.2, 0.25) is 0 Å². The van der Waals surface area contributed by atoms with Gasteiger partial charge < -0.3 is 5.32 Å². The van der Waals surface area contributed by atoms with Gasteiger partial charge in [-0.3, -0.25) is 4.98 Å². The molecule has 1 fully saturated rings. The second-order valence-corrected chi connectivity index (χ2v) is 5.39. The number of fused-ring (bicyclic) bond motifs is 1. The standard InChI is InChI=1S/C16H20N2/c1-12(13-6-2-3-7-13)18-15-10-14-8-4-5-9-16(14)17-11-15/h4-5,8-13,18H,2-3,6-7H2,1H3. The molecule has 18 heavy (non-hydrogen) atoms. The van der Waals surface area contributed by atoms with Crippen molar-refractivity contribution in [1.29, 1.82) is 0 Å². The van der Waals surface area contributed by atoms with E-state index in [-0.39, 0.29) is 0 Å². The van der Waals surface area contributed by atoms with Crippen molar-refractivity contribution >= 4 is 16.6 Å². The van der Waals surface area contributed by atoms with E-state index >= 15 is 0 Å². The van der Waals surface area contributed by atoms with Crippen LogP contribution in [0, 0.1) is 5.92 Å². The van der Waals surface area contributed by atoms with Crippen molar-refractivity contribution in [3.05, 3.63) is 36.5 Å². The van der Waals surface area contributed by atoms with Crippen LogP contribution in [-0.2, 0) is 0 Å². The maximum Gasteiger partial charge on any atom is 0.0703 e. The third-order valence-corrected chi connectivity index (χ3v) is 4.09. The summed E-state index contributed by atoms with van der Waals surface area (Å²) in [6.45, 7) is 2.30. The number of anilines is 1. The highest BCUT2D eigenvalue weighted by Gasteiger charge is 2.21. The summed E-state index contributed by atoms with van der Waals surface area (Å²) < 4.78 is 0. The molecule has 3 rings (SSSR count). The normalized spacial score (nSPS) is 18.1. The number of rotatable bonds is 3. The van der Waals surface area contributed by atoms with Crippen molar-refractivity contribution in [1.82, 2.24) is 4.98 Å². The predicted molar refractivity (Wildman–Crippen MR) is 76.8 cm³/mol. The molecule has 0 aliphatic heterocycles. The van der Waals surface area contributed by atoms with Gasteiger partial charge in [-0.05, 0) is 37.8 Å². The summed E-state index contributed by atoms with van der Waals surface area (Å²) in [7, 11) is 0. The fraction of sp³-hybridized carbons (Fsp3) is 0.438. The summed E-state index contributed by atoms with van der Waals surface area (Å²) in [4.78, 5) is 4.50. The molecule has 1 heterocycles. The lowest BCUT2D eigenvalue weighted by Crippen LogP contribution is -2.23. The molecule has 0 spiro atoms. The SMILES string of the molecule is CC(Nc1cnc2ccccc2c1)C1CCCC1. The highest BCUT2D eigenvalue weighted by molar-refractivity contribution is 5.81. The third kappa shape index (κ3) is 2.33. The van der Waals surface area contributed by atoms with E-state index < -0.39 is 0 Å². The van der Waals surface area contributed by atoms with Gasteiger partial charge in [0.15, 0.2) is 0 Å². The molecule has 0 amide bonds. The molecular weight excluding hydrogens is 220 g/mol. The molecule has 1 saturated carbocycles. The molecule has 0 saturated heterocycles. The van der Waals surface area contributed by atoms with Gasteiger partial charge in [0.1, 0.15) is 0 Å². The van der Waals surface area contributed by atoms with Gasteiger partial charge in [-0.2, -0.15) is 0 Å². The van der Waals surface area contributed by atoms with E-state index in [4.69, 9.17) is 0 Å². The quantitative estimate of drug-likeness (QED) is 0.868. The average molecular weight is 240 g/mol. The summed E-state index contributed by atoms with van der Waals surface area (Å²) in [6, 6.07) is 11.0. The topological polar surface area (TPSA) is 24.9 Å². The van der Waals surface area contributed by atoms with E-state index in [1.54, 1.807) is 0 Å². The minimum atomic E-state index is 0.551. The number of aromatic nitrogens is 1. The van der Waals surface area contributed by atoms with Gasteiger partial charge in [0.25, 0.3) is 0 Å². The number of nitrogens with one attached hydrogen (secondary N) is 1. The van der Waals surface area contributed by atoms with Gasteiger partial charge in [-0.25, -0.2) is 0 Å². The van der Waals surface area contributed by atoms with Crippen molar-refractivity contribution in [3.63, 3.8) is 0 Å². The Kier molecular flexibility index (Phi) is 3.18. The highest BCUT2D eigenvalue weighted by atomic mass is 14.9. The Balaban J connectivity index is 1.77. The second-order valence-electron chi connectivity index (χ2n) is 5.39. The van der Waals surface area contributed by atoms with E-state index in [0.717, 1.165) is 17.1 Å². The van der Waals surface area contributed by atoms with E-state index in [0.29, 0.717) is 6.04 Å². The zero-order valence-corrected chi connectivity index (χ0v) is 10.9. The van der Waals surface area contributed by atoms with Gasteiger partial charge in [-0.15, -0.1) is 0 Å². The number of benzene rings is 1. The van der Waals surface area contributed by atoms with Crippen LogP contribution in [0.5, 0.6) is 0 Å². The Morgan fingerprint density at radius 2 is 2.00 bits per heavy atom. The van der Waals surface area contributed by atoms with E-state index in [2.05, 4.69) is 41.5 Å². The number of hydrogen-bond donors (Lipinski definition) is 1. The molecule has 94 valence electrons. The molecule has 1 aromatic heterocycles. The molecule has 2 nitrogen and oxygen atoms in total. The van der Waals surface area contributed by atoms with Crippen LogP contribution in [-0.4, -0.2) is 11.0 Å². The van der Waals surface area contributed by atoms with Gasteiger partial charge in [-0.1, -0.05) is 31.0 Å². The third-order valence-electron chi connectivity index (χ3n) is 4.09. The Labute approximate surface area is 108 Å². The van der Waals surface area contributed by atoms with Gasteiger partial charge >= 0.3 is 0 Å². The molecule has 1 N–H and O–H groups in total. The van der Waals surface area contributed by atoms with Crippen LogP contribution < -0.4 is 5.32 Å². The van der Waals surface area contributed by atoms with Crippen molar-refractivity contribution in [2.75, 3.05) is 5.32 Å². The van der Waals surface area contributed by atoms with Crippen LogP contribution in [0.1, 0.15) is 32.6 Å². The van der Waals surface area contributed by atoms with Crippen molar-refractivity contribution in [3.8, 4) is 0 Å². The molecule has 1 atom stereocenters. The number of para-hydroxylation sites is 1. The van der Waals surface area contributed by atoms with E-state index in [1.165, 1.54) is 31.1 Å². The summed E-state index contributed by atoms with van der Waals surface area (Å²) in [5, 5.41) is 4.82. The fourth-order valence-corrected chi connectivity index (χ4v) is 2.99. The minimum Gasteiger partial charge on any atom is -0.381 e.